The number of aromatic nitrogens is 2. The fourth-order valence-corrected chi connectivity index (χ4v) is 2.20. The molecular formula is C11H18N4O3. The number of methoxy groups -OCH3 is 1. The minimum Gasteiger partial charge on any atom is -0.408 e. The molecule has 1 aliphatic heterocycles. The van der Waals surface area contributed by atoms with E-state index in [2.05, 4.69) is 20.8 Å². The van der Waals surface area contributed by atoms with Gasteiger partial charge in [0.1, 0.15) is 0 Å². The van der Waals surface area contributed by atoms with Crippen molar-refractivity contribution < 1.29 is 13.9 Å². The molecule has 2 rings (SSSR count). The Morgan fingerprint density at radius 3 is 2.78 bits per heavy atom. The van der Waals surface area contributed by atoms with Gasteiger partial charge in [-0.25, -0.2) is 0 Å². The number of carbonyl (C=O) groups excluding carboxylic acids is 1. The predicted octanol–water partition coefficient (Wildman–Crippen LogP) is 0.333. The highest BCUT2D eigenvalue weighted by molar-refractivity contribution is 5.93. The standard InChI is InChI=1S/C11H18N4O3/c1-8-14-15-10(18-8)13-9(16)11(7-17-2)3-5-12-6-4-11/h12H,3-7H2,1-2H3,(H,13,15,16). The molecule has 1 aromatic heterocycles. The highest BCUT2D eigenvalue weighted by atomic mass is 16.5. The van der Waals surface area contributed by atoms with Crippen LogP contribution in [0.25, 0.3) is 0 Å². The Morgan fingerprint density at radius 1 is 1.50 bits per heavy atom. The number of hydrogen-bond acceptors (Lipinski definition) is 6. The zero-order chi connectivity index (χ0) is 13.0. The maximum atomic E-state index is 12.3. The SMILES string of the molecule is COCC1(C(=O)Nc2nnc(C)o2)CCNCC1. The number of piperidine rings is 1. The average molecular weight is 254 g/mol. The largest absolute Gasteiger partial charge is 0.408 e. The van der Waals surface area contributed by atoms with E-state index >= 15 is 0 Å². The van der Waals surface area contributed by atoms with Crippen LogP contribution in [0.1, 0.15) is 18.7 Å². The first kappa shape index (κ1) is 13.0. The molecule has 0 atom stereocenters. The van der Waals surface area contributed by atoms with E-state index in [1.165, 1.54) is 0 Å². The Bertz CT molecular complexity index is 407. The number of hydrogen-bond donors (Lipinski definition) is 2. The van der Waals surface area contributed by atoms with Crippen molar-refractivity contribution in [2.75, 3.05) is 32.1 Å². The van der Waals surface area contributed by atoms with Gasteiger partial charge in [-0.05, 0) is 25.9 Å². The summed E-state index contributed by atoms with van der Waals surface area (Å²) in [6.07, 6.45) is 1.47. The normalized spacial score (nSPS) is 18.6. The van der Waals surface area contributed by atoms with Crippen molar-refractivity contribution in [3.8, 4) is 0 Å². The second kappa shape index (κ2) is 5.45. The van der Waals surface area contributed by atoms with Crippen molar-refractivity contribution >= 4 is 11.9 Å². The summed E-state index contributed by atoms with van der Waals surface area (Å²) in [4.78, 5) is 12.3. The summed E-state index contributed by atoms with van der Waals surface area (Å²) in [6, 6.07) is 0.145. The van der Waals surface area contributed by atoms with E-state index in [1.54, 1.807) is 14.0 Å². The Morgan fingerprint density at radius 2 is 2.22 bits per heavy atom. The summed E-state index contributed by atoms with van der Waals surface area (Å²) in [6.45, 7) is 3.69. The van der Waals surface area contributed by atoms with Crippen LogP contribution in [-0.4, -0.2) is 42.9 Å². The Kier molecular flexibility index (Phi) is 3.93. The number of carbonyl (C=O) groups is 1. The summed E-state index contributed by atoms with van der Waals surface area (Å²) in [5.41, 5.74) is -0.512. The van der Waals surface area contributed by atoms with Crippen LogP contribution < -0.4 is 10.6 Å². The average Bonchev–Trinajstić information content (AvgIpc) is 2.76. The second-order valence-electron chi connectivity index (χ2n) is 4.54. The van der Waals surface area contributed by atoms with Gasteiger partial charge in [-0.15, -0.1) is 5.10 Å². The first-order valence-corrected chi connectivity index (χ1v) is 5.97. The molecule has 1 aromatic rings. The van der Waals surface area contributed by atoms with Gasteiger partial charge in [-0.1, -0.05) is 5.10 Å². The van der Waals surface area contributed by atoms with Gasteiger partial charge in [0.2, 0.25) is 11.8 Å². The molecule has 2 N–H and O–H groups in total. The van der Waals surface area contributed by atoms with E-state index in [0.29, 0.717) is 12.5 Å². The molecule has 1 amide bonds. The molecule has 0 radical (unpaired) electrons. The van der Waals surface area contributed by atoms with Gasteiger partial charge in [-0.2, -0.15) is 0 Å². The fraction of sp³-hybridized carbons (Fsp3) is 0.727. The van der Waals surface area contributed by atoms with Crippen LogP contribution >= 0.6 is 0 Å². The molecule has 0 spiro atoms. The first-order valence-electron chi connectivity index (χ1n) is 5.97. The summed E-state index contributed by atoms with van der Waals surface area (Å²) in [5.74, 6) is 0.311. The smallest absolute Gasteiger partial charge is 0.322 e. The summed E-state index contributed by atoms with van der Waals surface area (Å²) >= 11 is 0. The molecule has 7 nitrogen and oxygen atoms in total. The molecule has 2 heterocycles. The number of nitrogens with one attached hydrogen (secondary N) is 2. The van der Waals surface area contributed by atoms with Crippen LogP contribution in [-0.2, 0) is 9.53 Å². The van der Waals surface area contributed by atoms with Gasteiger partial charge in [0, 0.05) is 14.0 Å². The third kappa shape index (κ3) is 2.68. The third-order valence-corrected chi connectivity index (χ3v) is 3.21. The van der Waals surface area contributed by atoms with Crippen molar-refractivity contribution in [2.24, 2.45) is 5.41 Å². The lowest BCUT2D eigenvalue weighted by atomic mass is 9.79. The van der Waals surface area contributed by atoms with Crippen molar-refractivity contribution in [1.29, 1.82) is 0 Å². The third-order valence-electron chi connectivity index (χ3n) is 3.21. The zero-order valence-corrected chi connectivity index (χ0v) is 10.7. The molecule has 0 saturated carbocycles. The Labute approximate surface area is 105 Å². The van der Waals surface area contributed by atoms with Crippen LogP contribution in [0.4, 0.5) is 6.01 Å². The molecule has 1 aliphatic rings. The summed E-state index contributed by atoms with van der Waals surface area (Å²) < 4.78 is 10.4. The first-order chi connectivity index (χ1) is 8.66. The van der Waals surface area contributed by atoms with Crippen molar-refractivity contribution in [1.82, 2.24) is 15.5 Å². The van der Waals surface area contributed by atoms with Crippen LogP contribution in [0.2, 0.25) is 0 Å². The molecule has 7 heteroatoms. The molecule has 0 aromatic carbocycles. The highest BCUT2D eigenvalue weighted by Crippen LogP contribution is 2.30. The minimum atomic E-state index is -0.512. The van der Waals surface area contributed by atoms with E-state index < -0.39 is 5.41 Å². The molecule has 18 heavy (non-hydrogen) atoms. The maximum absolute atomic E-state index is 12.3. The van der Waals surface area contributed by atoms with Crippen LogP contribution in [0.3, 0.4) is 0 Å². The lowest BCUT2D eigenvalue weighted by Gasteiger charge is -2.34. The number of aryl methyl sites for hydroxylation is 1. The van der Waals surface area contributed by atoms with Gasteiger partial charge in [0.25, 0.3) is 0 Å². The highest BCUT2D eigenvalue weighted by Gasteiger charge is 2.40. The Balaban J connectivity index is 2.08. The topological polar surface area (TPSA) is 89.3 Å². The van der Waals surface area contributed by atoms with E-state index in [9.17, 15) is 4.79 Å². The quantitative estimate of drug-likeness (QED) is 0.805. The van der Waals surface area contributed by atoms with Crippen LogP contribution in [0.5, 0.6) is 0 Å². The van der Waals surface area contributed by atoms with Crippen LogP contribution in [0.15, 0.2) is 4.42 Å². The van der Waals surface area contributed by atoms with Gasteiger partial charge >= 0.3 is 6.01 Å². The Hall–Kier alpha value is -1.47. The van der Waals surface area contributed by atoms with Crippen molar-refractivity contribution in [3.05, 3.63) is 5.89 Å². The van der Waals surface area contributed by atoms with Gasteiger partial charge in [0.05, 0.1) is 12.0 Å². The number of rotatable bonds is 4. The zero-order valence-electron chi connectivity index (χ0n) is 10.7. The summed E-state index contributed by atoms with van der Waals surface area (Å²) in [7, 11) is 1.61. The second-order valence-corrected chi connectivity index (χ2v) is 4.54. The number of ether oxygens (including phenoxy) is 1. The molecular weight excluding hydrogens is 236 g/mol. The lowest BCUT2D eigenvalue weighted by molar-refractivity contribution is -0.130. The molecule has 1 fully saturated rings. The monoisotopic (exact) mass is 254 g/mol. The van der Waals surface area contributed by atoms with E-state index in [0.717, 1.165) is 25.9 Å². The van der Waals surface area contributed by atoms with E-state index in [4.69, 9.17) is 9.15 Å². The molecule has 100 valence electrons. The number of nitrogens with zero attached hydrogens (tertiary/aromatic N) is 2. The lowest BCUT2D eigenvalue weighted by Crippen LogP contribution is -2.47. The predicted molar refractivity (Wildman–Crippen MR) is 64.1 cm³/mol. The minimum absolute atomic E-state index is 0.116. The van der Waals surface area contributed by atoms with E-state index in [1.807, 2.05) is 0 Å². The van der Waals surface area contributed by atoms with Gasteiger partial charge in [-0.3, -0.25) is 10.1 Å². The fourth-order valence-electron chi connectivity index (χ4n) is 2.20. The van der Waals surface area contributed by atoms with Gasteiger partial charge < -0.3 is 14.5 Å². The molecule has 0 bridgehead atoms. The molecule has 1 saturated heterocycles. The summed E-state index contributed by atoms with van der Waals surface area (Å²) in [5, 5.41) is 13.4. The van der Waals surface area contributed by atoms with Crippen molar-refractivity contribution in [3.63, 3.8) is 0 Å². The van der Waals surface area contributed by atoms with E-state index in [-0.39, 0.29) is 11.9 Å². The molecule has 0 unspecified atom stereocenters. The molecule has 0 aliphatic carbocycles. The van der Waals surface area contributed by atoms with Crippen LogP contribution in [0, 0.1) is 12.3 Å². The maximum Gasteiger partial charge on any atom is 0.322 e. The number of amides is 1. The van der Waals surface area contributed by atoms with Crippen molar-refractivity contribution in [2.45, 2.75) is 19.8 Å². The van der Waals surface area contributed by atoms with Gasteiger partial charge in [0.15, 0.2) is 0 Å². The number of anilines is 1.